The van der Waals surface area contributed by atoms with E-state index in [9.17, 15) is 0 Å². The van der Waals surface area contributed by atoms with E-state index in [1.54, 1.807) is 6.20 Å². The van der Waals surface area contributed by atoms with E-state index in [4.69, 9.17) is 18.0 Å². The molecule has 3 N–H and O–H groups in total. The molecule has 0 spiro atoms. The molecule has 2 heterocycles. The van der Waals surface area contributed by atoms with Gasteiger partial charge in [0.2, 0.25) is 0 Å². The molecule has 1 aliphatic heterocycles. The van der Waals surface area contributed by atoms with Crippen molar-refractivity contribution in [2.45, 2.75) is 31.8 Å². The third-order valence-corrected chi connectivity index (χ3v) is 3.84. The van der Waals surface area contributed by atoms with Crippen LogP contribution in [0.5, 0.6) is 0 Å². The summed E-state index contributed by atoms with van der Waals surface area (Å²) in [4.78, 5) is 7.13. The first-order chi connectivity index (χ1) is 8.56. The van der Waals surface area contributed by atoms with Gasteiger partial charge in [0.1, 0.15) is 10.8 Å². The van der Waals surface area contributed by atoms with Gasteiger partial charge in [-0.15, -0.1) is 0 Å². The summed E-state index contributed by atoms with van der Waals surface area (Å²) in [6.45, 7) is 3.39. The lowest BCUT2D eigenvalue weighted by atomic mass is 9.99. The van der Waals surface area contributed by atoms with E-state index in [2.05, 4.69) is 29.2 Å². The normalized spacial score (nSPS) is 24.8. The number of nitrogens with one attached hydrogen (secondary N) is 1. The molecule has 1 saturated heterocycles. The molecule has 98 valence electrons. The molecule has 5 heteroatoms. The zero-order valence-corrected chi connectivity index (χ0v) is 11.7. The first-order valence-electron chi connectivity index (χ1n) is 6.29. The molecule has 4 nitrogen and oxygen atoms in total. The van der Waals surface area contributed by atoms with Crippen molar-refractivity contribution >= 4 is 23.0 Å². The van der Waals surface area contributed by atoms with Crippen LogP contribution in [0.2, 0.25) is 0 Å². The van der Waals surface area contributed by atoms with E-state index >= 15 is 0 Å². The maximum absolute atomic E-state index is 5.55. The summed E-state index contributed by atoms with van der Waals surface area (Å²) in [5.74, 6) is 0.900. The summed E-state index contributed by atoms with van der Waals surface area (Å²) in [5.41, 5.74) is 6.36. The number of aromatic nitrogens is 1. The van der Waals surface area contributed by atoms with Gasteiger partial charge in [-0.05, 0) is 38.9 Å². The standard InChI is InChI=1S/C13H20N4S/c1-9-7-11(5-6-17(9)2)16-12-4-3-10(8-15-12)13(14)18/h3-4,8-9,11H,5-7H2,1-2H3,(H2,14,18)(H,15,16). The Morgan fingerprint density at radius 2 is 2.33 bits per heavy atom. The number of thiocarbonyl (C=S) groups is 1. The molecule has 2 rings (SSSR count). The number of piperidine rings is 1. The van der Waals surface area contributed by atoms with Crippen LogP contribution < -0.4 is 11.1 Å². The Hall–Kier alpha value is -1.20. The molecule has 2 atom stereocenters. The topological polar surface area (TPSA) is 54.2 Å². The fourth-order valence-electron chi connectivity index (χ4n) is 2.25. The van der Waals surface area contributed by atoms with Crippen LogP contribution in [0.15, 0.2) is 18.3 Å². The smallest absolute Gasteiger partial charge is 0.126 e. The van der Waals surface area contributed by atoms with Crippen molar-refractivity contribution in [1.82, 2.24) is 9.88 Å². The zero-order valence-electron chi connectivity index (χ0n) is 10.9. The fourth-order valence-corrected chi connectivity index (χ4v) is 2.38. The van der Waals surface area contributed by atoms with Crippen LogP contribution in [0.4, 0.5) is 5.82 Å². The van der Waals surface area contributed by atoms with E-state index < -0.39 is 0 Å². The average Bonchev–Trinajstić information content (AvgIpc) is 2.34. The Bertz CT molecular complexity index is 418. The highest BCUT2D eigenvalue weighted by molar-refractivity contribution is 7.80. The minimum absolute atomic E-state index is 0.391. The van der Waals surface area contributed by atoms with Crippen molar-refractivity contribution in [3.8, 4) is 0 Å². The van der Waals surface area contributed by atoms with Crippen molar-refractivity contribution in [3.63, 3.8) is 0 Å². The van der Waals surface area contributed by atoms with Gasteiger partial charge in [0.15, 0.2) is 0 Å². The SMILES string of the molecule is CC1CC(Nc2ccc(C(N)=S)cn2)CCN1C. The lowest BCUT2D eigenvalue weighted by Crippen LogP contribution is -2.42. The summed E-state index contributed by atoms with van der Waals surface area (Å²) < 4.78 is 0. The summed E-state index contributed by atoms with van der Waals surface area (Å²) in [7, 11) is 2.18. The van der Waals surface area contributed by atoms with Gasteiger partial charge in [0, 0.05) is 30.4 Å². The molecule has 18 heavy (non-hydrogen) atoms. The van der Waals surface area contributed by atoms with Gasteiger partial charge in [-0.2, -0.15) is 0 Å². The number of hydrogen-bond acceptors (Lipinski definition) is 4. The van der Waals surface area contributed by atoms with Gasteiger partial charge in [-0.1, -0.05) is 12.2 Å². The molecule has 0 saturated carbocycles. The molecule has 1 aromatic rings. The molecular formula is C13H20N4S. The Morgan fingerprint density at radius 3 is 2.89 bits per heavy atom. The first-order valence-corrected chi connectivity index (χ1v) is 6.69. The third-order valence-electron chi connectivity index (χ3n) is 3.61. The molecular weight excluding hydrogens is 244 g/mol. The molecule has 1 fully saturated rings. The molecule has 2 unspecified atom stereocenters. The second kappa shape index (κ2) is 5.63. The van der Waals surface area contributed by atoms with Crippen LogP contribution in [0.1, 0.15) is 25.3 Å². The molecule has 0 aliphatic carbocycles. The maximum atomic E-state index is 5.55. The quantitative estimate of drug-likeness (QED) is 0.812. The minimum Gasteiger partial charge on any atom is -0.389 e. The summed E-state index contributed by atoms with van der Waals surface area (Å²) in [6, 6.07) is 4.97. The van der Waals surface area contributed by atoms with E-state index in [1.807, 2.05) is 12.1 Å². The monoisotopic (exact) mass is 264 g/mol. The van der Waals surface area contributed by atoms with Crippen molar-refractivity contribution in [3.05, 3.63) is 23.9 Å². The fraction of sp³-hybridized carbons (Fsp3) is 0.538. The van der Waals surface area contributed by atoms with Crippen molar-refractivity contribution < 1.29 is 0 Å². The van der Waals surface area contributed by atoms with Crippen LogP contribution in [0.3, 0.4) is 0 Å². The highest BCUT2D eigenvalue weighted by atomic mass is 32.1. The lowest BCUT2D eigenvalue weighted by molar-refractivity contribution is 0.190. The Morgan fingerprint density at radius 1 is 1.56 bits per heavy atom. The van der Waals surface area contributed by atoms with Gasteiger partial charge in [-0.3, -0.25) is 0 Å². The van der Waals surface area contributed by atoms with Crippen molar-refractivity contribution in [2.24, 2.45) is 5.73 Å². The number of anilines is 1. The minimum atomic E-state index is 0.391. The van der Waals surface area contributed by atoms with E-state index in [0.29, 0.717) is 17.1 Å². The van der Waals surface area contributed by atoms with E-state index in [1.165, 1.54) is 0 Å². The largest absolute Gasteiger partial charge is 0.389 e. The average molecular weight is 264 g/mol. The van der Waals surface area contributed by atoms with Crippen LogP contribution in [0, 0.1) is 0 Å². The third kappa shape index (κ3) is 3.17. The lowest BCUT2D eigenvalue weighted by Gasteiger charge is -2.35. The van der Waals surface area contributed by atoms with Gasteiger partial charge >= 0.3 is 0 Å². The Labute approximate surface area is 114 Å². The number of nitrogens with two attached hydrogens (primary N) is 1. The van der Waals surface area contributed by atoms with Crippen molar-refractivity contribution in [2.75, 3.05) is 18.9 Å². The number of hydrogen-bond donors (Lipinski definition) is 2. The molecule has 0 aromatic carbocycles. The highest BCUT2D eigenvalue weighted by Crippen LogP contribution is 2.18. The molecule has 1 aromatic heterocycles. The van der Waals surface area contributed by atoms with Gasteiger partial charge in [0.25, 0.3) is 0 Å². The highest BCUT2D eigenvalue weighted by Gasteiger charge is 2.22. The second-order valence-corrected chi connectivity index (χ2v) is 5.43. The maximum Gasteiger partial charge on any atom is 0.126 e. The van der Waals surface area contributed by atoms with E-state index in [0.717, 1.165) is 30.8 Å². The Kier molecular flexibility index (Phi) is 4.14. The number of rotatable bonds is 3. The summed E-state index contributed by atoms with van der Waals surface area (Å²) in [6.07, 6.45) is 4.03. The summed E-state index contributed by atoms with van der Waals surface area (Å²) in [5, 5.41) is 3.48. The molecule has 0 radical (unpaired) electrons. The van der Waals surface area contributed by atoms with Crippen LogP contribution in [0.25, 0.3) is 0 Å². The van der Waals surface area contributed by atoms with Gasteiger partial charge in [-0.25, -0.2) is 4.98 Å². The zero-order chi connectivity index (χ0) is 13.1. The Balaban J connectivity index is 1.95. The molecule has 0 amide bonds. The first kappa shape index (κ1) is 13.2. The van der Waals surface area contributed by atoms with Crippen LogP contribution in [-0.4, -0.2) is 40.5 Å². The predicted octanol–water partition coefficient (Wildman–Crippen LogP) is 1.61. The van der Waals surface area contributed by atoms with E-state index in [-0.39, 0.29) is 0 Å². The van der Waals surface area contributed by atoms with Crippen molar-refractivity contribution in [1.29, 1.82) is 0 Å². The van der Waals surface area contributed by atoms with Crippen LogP contribution >= 0.6 is 12.2 Å². The summed E-state index contributed by atoms with van der Waals surface area (Å²) >= 11 is 4.91. The van der Waals surface area contributed by atoms with Gasteiger partial charge in [0.05, 0.1) is 0 Å². The molecule has 0 bridgehead atoms. The van der Waals surface area contributed by atoms with Gasteiger partial charge < -0.3 is 16.0 Å². The molecule has 1 aliphatic rings. The number of likely N-dealkylation sites (tertiary alicyclic amines) is 1. The number of pyridine rings is 1. The second-order valence-electron chi connectivity index (χ2n) is 4.99. The van der Waals surface area contributed by atoms with Crippen LogP contribution in [-0.2, 0) is 0 Å². The number of nitrogens with zero attached hydrogens (tertiary/aromatic N) is 2. The predicted molar refractivity (Wildman–Crippen MR) is 78.9 cm³/mol.